The highest BCUT2D eigenvalue weighted by Gasteiger charge is 2.00. The van der Waals surface area contributed by atoms with Crippen molar-refractivity contribution in [2.24, 2.45) is 5.73 Å². The van der Waals surface area contributed by atoms with E-state index >= 15 is 0 Å². The minimum atomic E-state index is -0.428. The second kappa shape index (κ2) is 5.07. The molecule has 0 bridgehead atoms. The summed E-state index contributed by atoms with van der Waals surface area (Å²) in [5, 5.41) is 3.15. The van der Waals surface area contributed by atoms with Crippen LogP contribution in [0.5, 0.6) is 0 Å². The summed E-state index contributed by atoms with van der Waals surface area (Å²) in [5.41, 5.74) is 6.53. The molecule has 0 fully saturated rings. The first-order chi connectivity index (χ1) is 8.25. The molecule has 1 heterocycles. The highest BCUT2D eigenvalue weighted by Crippen LogP contribution is 2.09. The van der Waals surface area contributed by atoms with Crippen molar-refractivity contribution in [1.82, 2.24) is 9.97 Å². The second-order valence-electron chi connectivity index (χ2n) is 3.46. The zero-order valence-corrected chi connectivity index (χ0v) is 9.13. The van der Waals surface area contributed by atoms with Gasteiger partial charge in [0.25, 0.3) is 0 Å². The number of carbonyl (C=O) groups is 1. The van der Waals surface area contributed by atoms with Crippen LogP contribution in [0.2, 0.25) is 0 Å². The van der Waals surface area contributed by atoms with Crippen LogP contribution in [0.3, 0.4) is 0 Å². The Morgan fingerprint density at radius 2 is 1.82 bits per heavy atom. The van der Waals surface area contributed by atoms with Crippen LogP contribution in [-0.4, -0.2) is 15.9 Å². The highest BCUT2D eigenvalue weighted by atomic mass is 16.1. The van der Waals surface area contributed by atoms with Crippen LogP contribution >= 0.6 is 0 Å². The van der Waals surface area contributed by atoms with Crippen LogP contribution in [-0.2, 0) is 6.54 Å². The van der Waals surface area contributed by atoms with E-state index in [4.69, 9.17) is 5.73 Å². The van der Waals surface area contributed by atoms with E-state index in [1.54, 1.807) is 42.7 Å². The first-order valence-corrected chi connectivity index (χ1v) is 5.15. The molecule has 0 radical (unpaired) electrons. The van der Waals surface area contributed by atoms with E-state index in [1.807, 2.05) is 0 Å². The predicted octanol–water partition coefficient (Wildman–Crippen LogP) is 1.19. The molecule has 2 rings (SSSR count). The smallest absolute Gasteiger partial charge is 0.248 e. The third-order valence-corrected chi connectivity index (χ3v) is 2.24. The molecule has 1 amide bonds. The number of primary amides is 1. The Morgan fingerprint density at radius 3 is 2.41 bits per heavy atom. The Kier molecular flexibility index (Phi) is 3.30. The van der Waals surface area contributed by atoms with Gasteiger partial charge >= 0.3 is 0 Å². The Morgan fingerprint density at radius 1 is 1.18 bits per heavy atom. The van der Waals surface area contributed by atoms with Gasteiger partial charge in [0.2, 0.25) is 5.91 Å². The lowest BCUT2D eigenvalue weighted by atomic mass is 10.2. The average molecular weight is 228 g/mol. The van der Waals surface area contributed by atoms with Crippen LogP contribution in [0.15, 0.2) is 42.7 Å². The maximum absolute atomic E-state index is 10.9. The quantitative estimate of drug-likeness (QED) is 0.823. The standard InChI is InChI=1S/C12H12N4O/c13-12(17)9-2-4-10(5-3-9)16-8-11-14-6-1-7-15-11/h1-7,16H,8H2,(H2,13,17). The van der Waals surface area contributed by atoms with E-state index in [0.29, 0.717) is 17.9 Å². The van der Waals surface area contributed by atoms with Gasteiger partial charge in [0.15, 0.2) is 0 Å². The Labute approximate surface area is 98.7 Å². The number of aromatic nitrogens is 2. The van der Waals surface area contributed by atoms with Crippen molar-refractivity contribution in [3.8, 4) is 0 Å². The molecule has 0 aliphatic carbocycles. The molecule has 0 atom stereocenters. The summed E-state index contributed by atoms with van der Waals surface area (Å²) >= 11 is 0. The van der Waals surface area contributed by atoms with Gasteiger partial charge in [-0.15, -0.1) is 0 Å². The van der Waals surface area contributed by atoms with Gasteiger partial charge in [0.1, 0.15) is 5.82 Å². The number of hydrogen-bond acceptors (Lipinski definition) is 4. The molecule has 86 valence electrons. The maximum atomic E-state index is 10.9. The minimum absolute atomic E-state index is 0.428. The molecular weight excluding hydrogens is 216 g/mol. The number of amides is 1. The molecule has 1 aromatic heterocycles. The number of hydrogen-bond donors (Lipinski definition) is 2. The Balaban J connectivity index is 1.98. The maximum Gasteiger partial charge on any atom is 0.248 e. The topological polar surface area (TPSA) is 80.9 Å². The largest absolute Gasteiger partial charge is 0.378 e. The predicted molar refractivity (Wildman–Crippen MR) is 64.3 cm³/mol. The summed E-state index contributed by atoms with van der Waals surface area (Å²) in [6, 6.07) is 8.71. The first-order valence-electron chi connectivity index (χ1n) is 5.15. The van der Waals surface area contributed by atoms with Crippen LogP contribution in [0.4, 0.5) is 5.69 Å². The third kappa shape index (κ3) is 3.01. The molecule has 0 saturated carbocycles. The van der Waals surface area contributed by atoms with Gasteiger partial charge in [-0.3, -0.25) is 4.79 Å². The number of nitrogens with two attached hydrogens (primary N) is 1. The summed E-state index contributed by atoms with van der Waals surface area (Å²) in [5.74, 6) is 0.287. The number of carbonyl (C=O) groups excluding carboxylic acids is 1. The molecule has 0 aliphatic heterocycles. The van der Waals surface area contributed by atoms with E-state index < -0.39 is 5.91 Å². The summed E-state index contributed by atoms with van der Waals surface area (Å²) in [6.07, 6.45) is 3.39. The summed E-state index contributed by atoms with van der Waals surface area (Å²) in [4.78, 5) is 19.1. The van der Waals surface area contributed by atoms with E-state index in [1.165, 1.54) is 0 Å². The molecule has 5 nitrogen and oxygen atoms in total. The highest BCUT2D eigenvalue weighted by molar-refractivity contribution is 5.93. The lowest BCUT2D eigenvalue weighted by molar-refractivity contribution is 0.100. The van der Waals surface area contributed by atoms with E-state index in [-0.39, 0.29) is 0 Å². The number of nitrogens with zero attached hydrogens (tertiary/aromatic N) is 2. The number of anilines is 1. The monoisotopic (exact) mass is 228 g/mol. The molecule has 5 heteroatoms. The lowest BCUT2D eigenvalue weighted by Gasteiger charge is -2.05. The van der Waals surface area contributed by atoms with Crippen molar-refractivity contribution in [2.75, 3.05) is 5.32 Å². The zero-order chi connectivity index (χ0) is 12.1. The number of nitrogens with one attached hydrogen (secondary N) is 1. The van der Waals surface area contributed by atoms with Crippen molar-refractivity contribution in [3.05, 3.63) is 54.1 Å². The van der Waals surface area contributed by atoms with Crippen LogP contribution in [0, 0.1) is 0 Å². The van der Waals surface area contributed by atoms with Crippen LogP contribution in [0.25, 0.3) is 0 Å². The zero-order valence-electron chi connectivity index (χ0n) is 9.13. The van der Waals surface area contributed by atoms with E-state index in [2.05, 4.69) is 15.3 Å². The van der Waals surface area contributed by atoms with Gasteiger partial charge in [0, 0.05) is 23.6 Å². The minimum Gasteiger partial charge on any atom is -0.378 e. The van der Waals surface area contributed by atoms with E-state index in [9.17, 15) is 4.79 Å². The average Bonchev–Trinajstić information content (AvgIpc) is 2.38. The van der Waals surface area contributed by atoms with Crippen molar-refractivity contribution >= 4 is 11.6 Å². The fraction of sp³-hybridized carbons (Fsp3) is 0.0833. The van der Waals surface area contributed by atoms with Gasteiger partial charge in [-0.1, -0.05) is 0 Å². The normalized spacial score (nSPS) is 9.88. The molecule has 17 heavy (non-hydrogen) atoms. The SMILES string of the molecule is NC(=O)c1ccc(NCc2ncccn2)cc1. The van der Waals surface area contributed by atoms with Crippen molar-refractivity contribution in [2.45, 2.75) is 6.54 Å². The van der Waals surface area contributed by atoms with Gasteiger partial charge < -0.3 is 11.1 Å². The van der Waals surface area contributed by atoms with Gasteiger partial charge in [-0.05, 0) is 30.3 Å². The summed E-state index contributed by atoms with van der Waals surface area (Å²) < 4.78 is 0. The fourth-order valence-electron chi connectivity index (χ4n) is 1.35. The molecular formula is C12H12N4O. The molecule has 3 N–H and O–H groups in total. The molecule has 0 saturated heterocycles. The molecule has 1 aromatic carbocycles. The number of rotatable bonds is 4. The van der Waals surface area contributed by atoms with Gasteiger partial charge in [-0.25, -0.2) is 9.97 Å². The molecule has 0 spiro atoms. The molecule has 2 aromatic rings. The van der Waals surface area contributed by atoms with Crippen LogP contribution in [0.1, 0.15) is 16.2 Å². The number of benzene rings is 1. The van der Waals surface area contributed by atoms with Gasteiger partial charge in [-0.2, -0.15) is 0 Å². The van der Waals surface area contributed by atoms with Crippen LogP contribution < -0.4 is 11.1 Å². The first kappa shape index (κ1) is 11.1. The second-order valence-corrected chi connectivity index (χ2v) is 3.46. The Hall–Kier alpha value is -2.43. The van der Waals surface area contributed by atoms with Crippen molar-refractivity contribution < 1.29 is 4.79 Å². The molecule has 0 unspecified atom stereocenters. The molecule has 0 aliphatic rings. The fourth-order valence-corrected chi connectivity index (χ4v) is 1.35. The Bertz CT molecular complexity index is 496. The lowest BCUT2D eigenvalue weighted by Crippen LogP contribution is -2.10. The third-order valence-electron chi connectivity index (χ3n) is 2.24. The van der Waals surface area contributed by atoms with Crippen molar-refractivity contribution in [3.63, 3.8) is 0 Å². The van der Waals surface area contributed by atoms with Crippen molar-refractivity contribution in [1.29, 1.82) is 0 Å². The van der Waals surface area contributed by atoms with Gasteiger partial charge in [0.05, 0.1) is 6.54 Å². The summed E-state index contributed by atoms with van der Waals surface area (Å²) in [6.45, 7) is 0.538. The van der Waals surface area contributed by atoms with E-state index in [0.717, 1.165) is 5.69 Å². The summed E-state index contributed by atoms with van der Waals surface area (Å²) in [7, 11) is 0.